The molecule has 2 saturated heterocycles. The zero-order chi connectivity index (χ0) is 12.5. The van der Waals surface area contributed by atoms with Crippen LogP contribution in [-0.2, 0) is 4.79 Å². The molecule has 3 atom stereocenters. The molecular formula is C12H20N2O2S. The first-order valence-electron chi connectivity index (χ1n) is 6.21. The molecule has 0 saturated carbocycles. The summed E-state index contributed by atoms with van der Waals surface area (Å²) in [6, 6.07) is 0.212. The highest BCUT2D eigenvalue weighted by Gasteiger charge is 2.51. The molecule has 17 heavy (non-hydrogen) atoms. The van der Waals surface area contributed by atoms with E-state index in [2.05, 4.69) is 17.6 Å². The largest absolute Gasteiger partial charge is 0.332 e. The zero-order valence-electron chi connectivity index (χ0n) is 10.4. The van der Waals surface area contributed by atoms with Gasteiger partial charge in [0.2, 0.25) is 0 Å². The van der Waals surface area contributed by atoms with Gasteiger partial charge in [-0.1, -0.05) is 6.42 Å². The minimum Gasteiger partial charge on any atom is -0.332 e. The van der Waals surface area contributed by atoms with Gasteiger partial charge in [0.15, 0.2) is 0 Å². The van der Waals surface area contributed by atoms with E-state index < -0.39 is 0 Å². The van der Waals surface area contributed by atoms with E-state index >= 15 is 0 Å². The molecular weight excluding hydrogens is 236 g/mol. The summed E-state index contributed by atoms with van der Waals surface area (Å²) in [5, 5.41) is 6.52. The van der Waals surface area contributed by atoms with Gasteiger partial charge in [0, 0.05) is 17.4 Å². The predicted octanol–water partition coefficient (Wildman–Crippen LogP) is 1.69. The Bertz CT molecular complexity index is 334. The Balaban J connectivity index is 1.79. The normalized spacial score (nSPS) is 35.3. The van der Waals surface area contributed by atoms with Crippen molar-refractivity contribution in [3.8, 4) is 0 Å². The number of Topliss-reactive ketones (excluding diaryl/α,β-unsaturated/α-hetero) is 1. The molecule has 2 aliphatic heterocycles. The third-order valence-electron chi connectivity index (χ3n) is 3.61. The third-order valence-corrected chi connectivity index (χ3v) is 5.31. The summed E-state index contributed by atoms with van der Waals surface area (Å²) in [5.74, 6) is 1.25. The molecule has 4 nitrogen and oxygen atoms in total. The van der Waals surface area contributed by atoms with E-state index in [-0.39, 0.29) is 23.4 Å². The van der Waals surface area contributed by atoms with Crippen LogP contribution < -0.4 is 10.6 Å². The minimum atomic E-state index is -0.0764. The van der Waals surface area contributed by atoms with Crippen molar-refractivity contribution in [1.82, 2.24) is 10.6 Å². The molecule has 0 radical (unpaired) electrons. The number of urea groups is 1. The number of ketones is 1. The first-order valence-corrected chi connectivity index (χ1v) is 7.26. The van der Waals surface area contributed by atoms with Gasteiger partial charge in [-0.05, 0) is 26.7 Å². The topological polar surface area (TPSA) is 58.2 Å². The van der Waals surface area contributed by atoms with Gasteiger partial charge in [-0.15, -0.1) is 0 Å². The molecule has 0 unspecified atom stereocenters. The lowest BCUT2D eigenvalue weighted by atomic mass is 9.92. The number of carbonyl (C=O) groups is 2. The second-order valence-corrected chi connectivity index (χ2v) is 6.52. The molecule has 0 spiro atoms. The van der Waals surface area contributed by atoms with Crippen LogP contribution in [0.5, 0.6) is 0 Å². The van der Waals surface area contributed by atoms with Gasteiger partial charge < -0.3 is 15.4 Å². The van der Waals surface area contributed by atoms with Gasteiger partial charge in [-0.2, -0.15) is 11.8 Å². The van der Waals surface area contributed by atoms with E-state index in [1.165, 1.54) is 0 Å². The van der Waals surface area contributed by atoms with Crippen molar-refractivity contribution in [1.29, 1.82) is 0 Å². The smallest absolute Gasteiger partial charge is 0.315 e. The fourth-order valence-corrected chi connectivity index (χ4v) is 4.35. The lowest BCUT2D eigenvalue weighted by Gasteiger charge is -2.23. The monoisotopic (exact) mass is 256 g/mol. The van der Waals surface area contributed by atoms with Crippen LogP contribution in [0.3, 0.4) is 0 Å². The number of rotatable bonds is 5. The fraction of sp³-hybridized carbons (Fsp3) is 0.833. The first-order chi connectivity index (χ1) is 8.01. The molecule has 5 heteroatoms. The van der Waals surface area contributed by atoms with Gasteiger partial charge in [0.25, 0.3) is 0 Å². The number of hydrogen-bond acceptors (Lipinski definition) is 3. The first kappa shape index (κ1) is 12.7. The summed E-state index contributed by atoms with van der Waals surface area (Å²) in [5.41, 5.74) is -0.0764. The fourth-order valence-electron chi connectivity index (χ4n) is 2.65. The Morgan fingerprint density at radius 3 is 3.00 bits per heavy atom. The third kappa shape index (κ3) is 2.76. The quantitative estimate of drug-likeness (QED) is 0.581. The molecule has 2 heterocycles. The highest BCUT2D eigenvalue weighted by Crippen LogP contribution is 2.39. The Kier molecular flexibility index (Phi) is 3.66. The van der Waals surface area contributed by atoms with E-state index in [1.807, 2.05) is 11.8 Å². The van der Waals surface area contributed by atoms with Crippen molar-refractivity contribution < 1.29 is 9.59 Å². The maximum absolute atomic E-state index is 11.4. The Labute approximate surface area is 106 Å². The van der Waals surface area contributed by atoms with Gasteiger partial charge in [0.05, 0.1) is 11.6 Å². The molecule has 2 amide bonds. The Morgan fingerprint density at radius 1 is 1.53 bits per heavy atom. The van der Waals surface area contributed by atoms with E-state index in [0.29, 0.717) is 11.7 Å². The average Bonchev–Trinajstić information content (AvgIpc) is 2.66. The number of unbranched alkanes of at least 4 members (excludes halogenated alkanes) is 1. The predicted molar refractivity (Wildman–Crippen MR) is 69.3 cm³/mol. The lowest BCUT2D eigenvalue weighted by Crippen LogP contribution is -2.47. The van der Waals surface area contributed by atoms with Crippen LogP contribution in [0.1, 0.15) is 39.5 Å². The van der Waals surface area contributed by atoms with Crippen LogP contribution in [0.15, 0.2) is 0 Å². The summed E-state index contributed by atoms with van der Waals surface area (Å²) >= 11 is 1.93. The lowest BCUT2D eigenvalue weighted by molar-refractivity contribution is -0.117. The molecule has 2 fully saturated rings. The van der Waals surface area contributed by atoms with E-state index in [1.54, 1.807) is 6.92 Å². The van der Waals surface area contributed by atoms with Crippen LogP contribution in [-0.4, -0.2) is 34.4 Å². The number of amides is 2. The molecule has 96 valence electrons. The molecule has 2 aliphatic rings. The average molecular weight is 256 g/mol. The molecule has 0 aliphatic carbocycles. The number of carbonyl (C=O) groups excluding carboxylic acids is 2. The van der Waals surface area contributed by atoms with Crippen molar-refractivity contribution in [2.45, 2.75) is 56.4 Å². The molecule has 0 aromatic heterocycles. The standard InChI is InChI=1S/C12H20N2O2S/c1-8(15)5-3-4-6-9-10-12(2,7-17-9)14-11(16)13-10/h9-10H,3-7H2,1-2H3,(H2,13,14,16)/t9-,10+,12-/m0/s1. The minimum absolute atomic E-state index is 0.0356. The molecule has 0 aromatic rings. The van der Waals surface area contributed by atoms with Crippen LogP contribution in [0.25, 0.3) is 0 Å². The van der Waals surface area contributed by atoms with Crippen molar-refractivity contribution in [2.24, 2.45) is 0 Å². The number of nitrogens with one attached hydrogen (secondary N) is 2. The maximum Gasteiger partial charge on any atom is 0.315 e. The van der Waals surface area contributed by atoms with Gasteiger partial charge in [-0.3, -0.25) is 0 Å². The highest BCUT2D eigenvalue weighted by molar-refractivity contribution is 8.00. The zero-order valence-corrected chi connectivity index (χ0v) is 11.2. The van der Waals surface area contributed by atoms with E-state index in [0.717, 1.165) is 25.0 Å². The molecule has 0 aromatic carbocycles. The Hall–Kier alpha value is -0.710. The number of hydrogen-bond donors (Lipinski definition) is 2. The number of fused-ring (bicyclic) bond motifs is 1. The van der Waals surface area contributed by atoms with Crippen molar-refractivity contribution in [3.05, 3.63) is 0 Å². The van der Waals surface area contributed by atoms with Gasteiger partial charge in [-0.25, -0.2) is 4.79 Å². The van der Waals surface area contributed by atoms with Gasteiger partial charge in [0.1, 0.15) is 5.78 Å². The van der Waals surface area contributed by atoms with Crippen molar-refractivity contribution in [2.75, 3.05) is 5.75 Å². The van der Waals surface area contributed by atoms with Crippen LogP contribution in [0.2, 0.25) is 0 Å². The molecule has 2 rings (SSSR count). The van der Waals surface area contributed by atoms with Crippen molar-refractivity contribution >= 4 is 23.6 Å². The molecule has 2 N–H and O–H groups in total. The SMILES string of the molecule is CC(=O)CCCC[C@@H]1SC[C@]2(C)NC(=O)N[C@H]12. The van der Waals surface area contributed by atoms with Crippen LogP contribution in [0, 0.1) is 0 Å². The van der Waals surface area contributed by atoms with E-state index in [4.69, 9.17) is 0 Å². The van der Waals surface area contributed by atoms with Crippen molar-refractivity contribution in [3.63, 3.8) is 0 Å². The number of thioether (sulfide) groups is 1. The summed E-state index contributed by atoms with van der Waals surface area (Å²) in [4.78, 5) is 22.2. The molecule has 0 bridgehead atoms. The highest BCUT2D eigenvalue weighted by atomic mass is 32.2. The summed E-state index contributed by atoms with van der Waals surface area (Å²) in [6.07, 6.45) is 3.81. The summed E-state index contributed by atoms with van der Waals surface area (Å²) in [7, 11) is 0. The summed E-state index contributed by atoms with van der Waals surface area (Å²) in [6.45, 7) is 3.75. The van der Waals surface area contributed by atoms with Crippen LogP contribution >= 0.6 is 11.8 Å². The van der Waals surface area contributed by atoms with Gasteiger partial charge >= 0.3 is 6.03 Å². The maximum atomic E-state index is 11.4. The Morgan fingerprint density at radius 2 is 2.29 bits per heavy atom. The second kappa shape index (κ2) is 4.88. The van der Waals surface area contributed by atoms with Crippen LogP contribution in [0.4, 0.5) is 4.79 Å². The summed E-state index contributed by atoms with van der Waals surface area (Å²) < 4.78 is 0. The second-order valence-electron chi connectivity index (χ2n) is 5.29. The van der Waals surface area contributed by atoms with E-state index in [9.17, 15) is 9.59 Å².